The summed E-state index contributed by atoms with van der Waals surface area (Å²) in [5.41, 5.74) is -0.634. The summed E-state index contributed by atoms with van der Waals surface area (Å²) < 4.78 is 39.6. The van der Waals surface area contributed by atoms with Gasteiger partial charge in [0.1, 0.15) is 10.7 Å². The fourth-order valence-corrected chi connectivity index (χ4v) is 3.00. The lowest BCUT2D eigenvalue weighted by atomic mass is 9.96. The molecule has 4 nitrogen and oxygen atoms in total. The molecule has 0 aromatic heterocycles. The number of aliphatic hydroxyl groups excluding tert-OH is 1. The maximum atomic E-state index is 13.5. The van der Waals surface area contributed by atoms with Crippen LogP contribution < -0.4 is 4.72 Å². The quantitative estimate of drug-likeness (QED) is 0.870. The summed E-state index contributed by atoms with van der Waals surface area (Å²) >= 11 is 5.69. The van der Waals surface area contributed by atoms with E-state index in [1.54, 1.807) is 13.8 Å². The van der Waals surface area contributed by atoms with Crippen molar-refractivity contribution in [2.24, 2.45) is 5.41 Å². The molecule has 0 aliphatic rings. The Balaban J connectivity index is 3.01. The Labute approximate surface area is 111 Å². The molecule has 0 atom stereocenters. The van der Waals surface area contributed by atoms with Crippen LogP contribution >= 0.6 is 11.6 Å². The molecule has 0 aliphatic carbocycles. The van der Waals surface area contributed by atoms with Crippen molar-refractivity contribution in [3.8, 4) is 0 Å². The first kappa shape index (κ1) is 15.4. The van der Waals surface area contributed by atoms with Gasteiger partial charge in [0.2, 0.25) is 10.0 Å². The zero-order valence-electron chi connectivity index (χ0n) is 10.1. The van der Waals surface area contributed by atoms with Gasteiger partial charge in [-0.05, 0) is 12.1 Å². The molecule has 0 saturated carbocycles. The van der Waals surface area contributed by atoms with E-state index in [0.29, 0.717) is 0 Å². The molecule has 18 heavy (non-hydrogen) atoms. The Hall–Kier alpha value is -0.690. The Morgan fingerprint density at radius 3 is 2.56 bits per heavy atom. The van der Waals surface area contributed by atoms with Gasteiger partial charge in [-0.25, -0.2) is 17.5 Å². The predicted octanol–water partition coefficient (Wildman–Crippen LogP) is 1.78. The number of nitrogens with one attached hydrogen (secondary N) is 1. The van der Waals surface area contributed by atoms with Crippen LogP contribution in [-0.4, -0.2) is 26.7 Å². The first-order valence-corrected chi connectivity index (χ1v) is 7.10. The minimum absolute atomic E-state index is 0.0174. The van der Waals surface area contributed by atoms with Crippen LogP contribution in [0, 0.1) is 11.2 Å². The van der Waals surface area contributed by atoms with E-state index in [9.17, 15) is 12.8 Å². The molecule has 1 aromatic carbocycles. The van der Waals surface area contributed by atoms with Gasteiger partial charge in [0.25, 0.3) is 0 Å². The van der Waals surface area contributed by atoms with Crippen molar-refractivity contribution in [1.82, 2.24) is 4.72 Å². The maximum Gasteiger partial charge on any atom is 0.244 e. The summed E-state index contributed by atoms with van der Waals surface area (Å²) in [5.74, 6) is -0.906. The molecular weight excluding hydrogens is 281 g/mol. The lowest BCUT2D eigenvalue weighted by Gasteiger charge is -2.22. The van der Waals surface area contributed by atoms with Gasteiger partial charge in [0, 0.05) is 18.6 Å². The second kappa shape index (κ2) is 5.52. The van der Waals surface area contributed by atoms with Crippen molar-refractivity contribution < 1.29 is 17.9 Å². The van der Waals surface area contributed by atoms with E-state index in [2.05, 4.69) is 4.72 Å². The zero-order valence-corrected chi connectivity index (χ0v) is 11.6. The highest BCUT2D eigenvalue weighted by molar-refractivity contribution is 7.89. The van der Waals surface area contributed by atoms with E-state index >= 15 is 0 Å². The molecule has 102 valence electrons. The third kappa shape index (κ3) is 3.65. The third-order valence-corrected chi connectivity index (χ3v) is 4.26. The SMILES string of the molecule is CC(C)(CO)CNS(=O)(=O)c1c(F)cccc1Cl. The van der Waals surface area contributed by atoms with Crippen LogP contribution in [0.1, 0.15) is 13.8 Å². The molecule has 0 amide bonds. The average molecular weight is 296 g/mol. The predicted molar refractivity (Wildman–Crippen MR) is 67.5 cm³/mol. The minimum Gasteiger partial charge on any atom is -0.396 e. The van der Waals surface area contributed by atoms with Crippen molar-refractivity contribution >= 4 is 21.6 Å². The molecule has 0 radical (unpaired) electrons. The standard InChI is InChI=1S/C11H15ClFNO3S/c1-11(2,7-15)6-14-18(16,17)10-8(12)4-3-5-9(10)13/h3-5,14-15H,6-7H2,1-2H3. The highest BCUT2D eigenvalue weighted by Gasteiger charge is 2.25. The zero-order chi connectivity index (χ0) is 14.0. The second-order valence-corrected chi connectivity index (χ2v) is 6.81. The molecular formula is C11H15ClFNO3S. The Bertz CT molecular complexity index is 511. The van der Waals surface area contributed by atoms with Gasteiger partial charge in [-0.3, -0.25) is 0 Å². The van der Waals surface area contributed by atoms with Crippen LogP contribution in [0.25, 0.3) is 0 Å². The van der Waals surface area contributed by atoms with Crippen molar-refractivity contribution in [3.05, 3.63) is 29.0 Å². The largest absolute Gasteiger partial charge is 0.396 e. The van der Waals surface area contributed by atoms with Gasteiger partial charge in [0.15, 0.2) is 0 Å². The van der Waals surface area contributed by atoms with Crippen molar-refractivity contribution in [3.63, 3.8) is 0 Å². The first-order valence-electron chi connectivity index (χ1n) is 5.24. The topological polar surface area (TPSA) is 66.4 Å². The molecule has 0 aliphatic heterocycles. The summed E-state index contributed by atoms with van der Waals surface area (Å²) in [6, 6.07) is 3.66. The highest BCUT2D eigenvalue weighted by Crippen LogP contribution is 2.24. The molecule has 0 heterocycles. The summed E-state index contributed by atoms with van der Waals surface area (Å²) in [7, 11) is -4.03. The molecule has 0 bridgehead atoms. The number of hydrogen-bond acceptors (Lipinski definition) is 3. The maximum absolute atomic E-state index is 13.5. The van der Waals surface area contributed by atoms with Gasteiger partial charge >= 0.3 is 0 Å². The molecule has 1 rings (SSSR count). The van der Waals surface area contributed by atoms with Gasteiger partial charge in [-0.1, -0.05) is 31.5 Å². The van der Waals surface area contributed by atoms with E-state index in [1.165, 1.54) is 12.1 Å². The fourth-order valence-electron chi connectivity index (χ4n) is 1.16. The van der Waals surface area contributed by atoms with Gasteiger partial charge in [-0.2, -0.15) is 0 Å². The number of aliphatic hydroxyl groups is 1. The number of benzene rings is 1. The third-order valence-electron chi connectivity index (χ3n) is 2.36. The van der Waals surface area contributed by atoms with Crippen molar-refractivity contribution in [2.45, 2.75) is 18.7 Å². The molecule has 1 aromatic rings. The van der Waals surface area contributed by atoms with Crippen LogP contribution in [0.4, 0.5) is 4.39 Å². The first-order chi connectivity index (χ1) is 8.19. The minimum atomic E-state index is -4.03. The Morgan fingerprint density at radius 1 is 1.44 bits per heavy atom. The second-order valence-electron chi connectivity index (χ2n) is 4.70. The normalized spacial score (nSPS) is 12.7. The van der Waals surface area contributed by atoms with E-state index in [-0.39, 0.29) is 18.2 Å². The van der Waals surface area contributed by atoms with Crippen LogP contribution in [0.3, 0.4) is 0 Å². The number of sulfonamides is 1. The number of rotatable bonds is 5. The van der Waals surface area contributed by atoms with Crippen molar-refractivity contribution in [1.29, 1.82) is 0 Å². The van der Waals surface area contributed by atoms with Crippen LogP contribution in [0.15, 0.2) is 23.1 Å². The molecule has 0 fully saturated rings. The molecule has 0 unspecified atom stereocenters. The molecule has 0 spiro atoms. The van der Waals surface area contributed by atoms with E-state index < -0.39 is 26.2 Å². The highest BCUT2D eigenvalue weighted by atomic mass is 35.5. The van der Waals surface area contributed by atoms with E-state index in [4.69, 9.17) is 16.7 Å². The van der Waals surface area contributed by atoms with Crippen LogP contribution in [0.5, 0.6) is 0 Å². The summed E-state index contributed by atoms with van der Waals surface area (Å²) in [6.07, 6.45) is 0. The lowest BCUT2D eigenvalue weighted by molar-refractivity contribution is 0.163. The monoisotopic (exact) mass is 295 g/mol. The van der Waals surface area contributed by atoms with Crippen LogP contribution in [0.2, 0.25) is 5.02 Å². The molecule has 2 N–H and O–H groups in total. The Kier molecular flexibility index (Phi) is 4.72. The summed E-state index contributed by atoms with van der Waals surface area (Å²) in [5, 5.41) is 8.86. The number of halogens is 2. The molecule has 7 heteroatoms. The smallest absolute Gasteiger partial charge is 0.244 e. The van der Waals surface area contributed by atoms with Crippen molar-refractivity contribution in [2.75, 3.05) is 13.2 Å². The van der Waals surface area contributed by atoms with Crippen LogP contribution in [-0.2, 0) is 10.0 Å². The average Bonchev–Trinajstić information content (AvgIpc) is 2.26. The summed E-state index contributed by atoms with van der Waals surface area (Å²) in [4.78, 5) is -0.569. The number of hydrogen-bond donors (Lipinski definition) is 2. The molecule has 0 saturated heterocycles. The van der Waals surface area contributed by atoms with E-state index in [1.807, 2.05) is 0 Å². The fraction of sp³-hybridized carbons (Fsp3) is 0.455. The summed E-state index contributed by atoms with van der Waals surface area (Å²) in [6.45, 7) is 3.15. The van der Waals surface area contributed by atoms with E-state index in [0.717, 1.165) is 6.07 Å². The van der Waals surface area contributed by atoms with Gasteiger partial charge in [0.05, 0.1) is 5.02 Å². The van der Waals surface area contributed by atoms with Gasteiger partial charge in [-0.15, -0.1) is 0 Å². The van der Waals surface area contributed by atoms with Gasteiger partial charge < -0.3 is 5.11 Å². The Morgan fingerprint density at radius 2 is 2.06 bits per heavy atom. The lowest BCUT2D eigenvalue weighted by Crippen LogP contribution is -2.36.